The van der Waals surface area contributed by atoms with Gasteiger partial charge in [-0.15, -0.1) is 11.3 Å². The van der Waals surface area contributed by atoms with E-state index in [0.29, 0.717) is 32.2 Å². The van der Waals surface area contributed by atoms with Crippen molar-refractivity contribution < 1.29 is 33.9 Å². The number of carbonyl (C=O) groups excluding carboxylic acids is 6. The zero-order valence-electron chi connectivity index (χ0n) is 29.1. The molecule has 1 aromatic heterocycles. The first-order valence-corrected chi connectivity index (χ1v) is 18.2. The number of amides is 6. The van der Waals surface area contributed by atoms with Crippen molar-refractivity contribution in [2.45, 2.75) is 115 Å². The second kappa shape index (κ2) is 18.0. The van der Waals surface area contributed by atoms with Gasteiger partial charge in [0.25, 0.3) is 5.91 Å². The highest BCUT2D eigenvalue weighted by Crippen LogP contribution is 2.21. The van der Waals surface area contributed by atoms with Gasteiger partial charge in [0, 0.05) is 30.8 Å². The zero-order chi connectivity index (χ0) is 36.4. The van der Waals surface area contributed by atoms with Gasteiger partial charge in [0.05, 0.1) is 11.1 Å². The van der Waals surface area contributed by atoms with Crippen molar-refractivity contribution in [3.63, 3.8) is 0 Å². The van der Waals surface area contributed by atoms with Crippen molar-refractivity contribution >= 4 is 46.8 Å². The summed E-state index contributed by atoms with van der Waals surface area (Å²) in [7, 11) is 0. The average molecular weight is 712 g/mol. The van der Waals surface area contributed by atoms with Crippen molar-refractivity contribution in [3.05, 3.63) is 52.0 Å². The fourth-order valence-corrected chi connectivity index (χ4v) is 6.88. The van der Waals surface area contributed by atoms with Gasteiger partial charge in [-0.2, -0.15) is 0 Å². The molecule has 3 heterocycles. The van der Waals surface area contributed by atoms with Crippen LogP contribution < -0.4 is 26.6 Å². The Bertz CT molecular complexity index is 1520. The summed E-state index contributed by atoms with van der Waals surface area (Å²) < 4.78 is 0. The Morgan fingerprint density at radius 2 is 1.66 bits per heavy atom. The summed E-state index contributed by atoms with van der Waals surface area (Å²) in [5, 5.41) is 26.7. The third-order valence-electron chi connectivity index (χ3n) is 8.93. The fraction of sp³-hybridized carbons (Fsp3) is 0.571. The Morgan fingerprint density at radius 3 is 2.32 bits per heavy atom. The molecular formula is C35H49N7O7S. The molecule has 15 heteroatoms. The van der Waals surface area contributed by atoms with Crippen LogP contribution in [0.15, 0.2) is 35.7 Å². The van der Waals surface area contributed by atoms with E-state index in [1.807, 2.05) is 44.2 Å². The van der Waals surface area contributed by atoms with Crippen LogP contribution in [0, 0.1) is 0 Å². The highest BCUT2D eigenvalue weighted by molar-refractivity contribution is 7.09. The smallest absolute Gasteiger partial charge is 0.271 e. The monoisotopic (exact) mass is 711 g/mol. The van der Waals surface area contributed by atoms with Crippen molar-refractivity contribution in [2.24, 2.45) is 0 Å². The maximum absolute atomic E-state index is 14.0. The molecule has 2 saturated heterocycles. The quantitative estimate of drug-likeness (QED) is 0.246. The normalized spacial score (nSPS) is 25.3. The summed E-state index contributed by atoms with van der Waals surface area (Å²) in [6.45, 7) is 7.56. The lowest BCUT2D eigenvalue weighted by atomic mass is 10.0. The number of rotatable bonds is 7. The number of aromatic nitrogens is 1. The summed E-state index contributed by atoms with van der Waals surface area (Å²) in [4.78, 5) is 87.1. The topological polar surface area (TPSA) is 199 Å². The number of aliphatic hydroxyl groups is 1. The van der Waals surface area contributed by atoms with E-state index in [2.05, 4.69) is 31.6 Å². The fourth-order valence-electron chi connectivity index (χ4n) is 6.06. The summed E-state index contributed by atoms with van der Waals surface area (Å²) in [5.74, 6) is -3.27. The number of hydrogen-bond donors (Lipinski definition) is 6. The molecule has 6 N–H and O–H groups in total. The lowest BCUT2D eigenvalue weighted by Crippen LogP contribution is -2.61. The van der Waals surface area contributed by atoms with Gasteiger partial charge in [0.1, 0.15) is 35.9 Å². The van der Waals surface area contributed by atoms with Crippen LogP contribution in [0.3, 0.4) is 0 Å². The maximum atomic E-state index is 14.0. The average Bonchev–Trinajstić information content (AvgIpc) is 3.79. The predicted molar refractivity (Wildman–Crippen MR) is 187 cm³/mol. The molecule has 2 aliphatic rings. The van der Waals surface area contributed by atoms with Crippen LogP contribution in [-0.2, 0) is 30.4 Å². The van der Waals surface area contributed by atoms with E-state index in [9.17, 15) is 33.9 Å². The van der Waals surface area contributed by atoms with Crippen molar-refractivity contribution in [1.29, 1.82) is 0 Å². The van der Waals surface area contributed by atoms with Crippen LogP contribution in [-0.4, -0.2) is 99.8 Å². The minimum Gasteiger partial charge on any atom is -0.391 e. The van der Waals surface area contributed by atoms with E-state index in [1.165, 1.54) is 23.2 Å². The van der Waals surface area contributed by atoms with Crippen LogP contribution in [0.5, 0.6) is 0 Å². The molecule has 14 nitrogen and oxygen atoms in total. The number of fused-ring (bicyclic) bond motifs is 1. The first-order valence-electron chi connectivity index (χ1n) is 17.4. The van der Waals surface area contributed by atoms with E-state index in [4.69, 9.17) is 0 Å². The number of nitrogens with one attached hydrogen (secondary N) is 5. The second-order valence-electron chi connectivity index (χ2n) is 13.2. The summed E-state index contributed by atoms with van der Waals surface area (Å²) >= 11 is 1.35. The highest BCUT2D eigenvalue weighted by Gasteiger charge is 2.39. The number of hydrogen-bond acceptors (Lipinski definition) is 9. The molecule has 0 spiro atoms. The molecule has 0 bridgehead atoms. The number of thiazole rings is 1. The highest BCUT2D eigenvalue weighted by atomic mass is 32.1. The van der Waals surface area contributed by atoms with Crippen LogP contribution in [0.1, 0.15) is 93.2 Å². The molecule has 0 unspecified atom stereocenters. The first-order chi connectivity index (χ1) is 23.9. The molecule has 2 aromatic rings. The molecule has 2 aliphatic heterocycles. The number of aliphatic hydroxyl groups excluding tert-OH is 1. The second-order valence-corrected chi connectivity index (χ2v) is 14.1. The van der Waals surface area contributed by atoms with Crippen LogP contribution in [0.4, 0.5) is 0 Å². The minimum atomic E-state index is -1.46. The van der Waals surface area contributed by atoms with Gasteiger partial charge in [-0.25, -0.2) is 4.98 Å². The third kappa shape index (κ3) is 10.1. The number of carbonyl (C=O) groups is 6. The Kier molecular flexibility index (Phi) is 13.9. The summed E-state index contributed by atoms with van der Waals surface area (Å²) in [5.41, 5.74) is 0.957. The lowest BCUT2D eigenvalue weighted by molar-refractivity contribution is -0.142. The van der Waals surface area contributed by atoms with E-state index in [0.717, 1.165) is 10.6 Å². The number of benzene rings is 1. The summed E-state index contributed by atoms with van der Waals surface area (Å²) in [6, 6.07) is 3.69. The van der Waals surface area contributed by atoms with Gasteiger partial charge in [-0.05, 0) is 51.0 Å². The zero-order valence-corrected chi connectivity index (χ0v) is 29.9. The standard InChI is InChI=1S/C35H49N7O7S/c1-5-23-29(44)41-28(21(4)43)33(48)39-25(18-22-12-7-6-8-13-22)35(49)42-17-11-15-27(42)32(47)36-16-10-9-14-24(30(45)37-23)38-31(46)26-19-50-34(40-26)20(2)3/h6-8,12-13,19-21,23-25,27-28,43H,5,9-11,14-18H2,1-4H3,(H,36,47)(H,37,45)(H,38,46)(H,39,48)(H,41,44)/t21-,23+,24+,25-,27+,28+/m1/s1. The van der Waals surface area contributed by atoms with Crippen molar-refractivity contribution in [1.82, 2.24) is 36.5 Å². The van der Waals surface area contributed by atoms with Crippen molar-refractivity contribution in [2.75, 3.05) is 13.1 Å². The molecular weight excluding hydrogens is 662 g/mol. The Morgan fingerprint density at radius 1 is 0.940 bits per heavy atom. The lowest BCUT2D eigenvalue weighted by Gasteiger charge is -2.30. The van der Waals surface area contributed by atoms with Gasteiger partial charge in [0.15, 0.2) is 0 Å². The molecule has 4 rings (SSSR count). The van der Waals surface area contributed by atoms with Gasteiger partial charge in [-0.1, -0.05) is 51.1 Å². The van der Waals surface area contributed by atoms with Crippen LogP contribution >= 0.6 is 11.3 Å². The Balaban J connectivity index is 1.60. The SMILES string of the molecule is CC[C@@H]1NC(=O)[C@@H](NC(=O)c2csc(C(C)C)n2)CCCCNC(=O)[C@@H]2CCCN2C(=O)[C@@H](Cc2ccccc2)NC(=O)[C@H]([C@@H](C)O)NC1=O. The van der Waals surface area contributed by atoms with Crippen LogP contribution in [0.25, 0.3) is 0 Å². The summed E-state index contributed by atoms with van der Waals surface area (Å²) in [6.07, 6.45) is 1.11. The molecule has 6 atom stereocenters. The van der Waals surface area contributed by atoms with Gasteiger partial charge in [0.2, 0.25) is 29.5 Å². The van der Waals surface area contributed by atoms with Gasteiger partial charge >= 0.3 is 0 Å². The molecule has 50 heavy (non-hydrogen) atoms. The predicted octanol–water partition coefficient (Wildman–Crippen LogP) is 1.14. The van der Waals surface area contributed by atoms with E-state index >= 15 is 0 Å². The van der Waals surface area contributed by atoms with E-state index < -0.39 is 65.8 Å². The molecule has 2 fully saturated rings. The minimum absolute atomic E-state index is 0.122. The number of nitrogens with zero attached hydrogens (tertiary/aromatic N) is 2. The first kappa shape index (κ1) is 38.4. The van der Waals surface area contributed by atoms with Gasteiger partial charge in [-0.3, -0.25) is 28.8 Å². The molecule has 6 amide bonds. The molecule has 0 saturated carbocycles. The van der Waals surface area contributed by atoms with Gasteiger partial charge < -0.3 is 36.6 Å². The third-order valence-corrected chi connectivity index (χ3v) is 10.1. The molecule has 0 radical (unpaired) electrons. The maximum Gasteiger partial charge on any atom is 0.271 e. The largest absolute Gasteiger partial charge is 0.391 e. The Labute approximate surface area is 296 Å². The van der Waals surface area contributed by atoms with E-state index in [1.54, 1.807) is 12.3 Å². The Hall–Kier alpha value is -4.37. The van der Waals surface area contributed by atoms with Crippen LogP contribution in [0.2, 0.25) is 0 Å². The molecule has 0 aliphatic carbocycles. The molecule has 272 valence electrons. The van der Waals surface area contributed by atoms with Crippen molar-refractivity contribution in [3.8, 4) is 0 Å². The van der Waals surface area contributed by atoms with E-state index in [-0.39, 0.29) is 43.3 Å². The molecule has 1 aromatic carbocycles.